The van der Waals surface area contributed by atoms with Gasteiger partial charge < -0.3 is 31.6 Å². The Labute approximate surface area is 286 Å². The van der Waals surface area contributed by atoms with Crippen molar-refractivity contribution < 1.29 is 39.4 Å². The molecule has 3 amide bonds. The van der Waals surface area contributed by atoms with Crippen molar-refractivity contribution in [3.63, 3.8) is 0 Å². The summed E-state index contributed by atoms with van der Waals surface area (Å²) in [7, 11) is 0. The molecule has 0 aliphatic carbocycles. The summed E-state index contributed by atoms with van der Waals surface area (Å²) in [5.41, 5.74) is 10.00. The predicted octanol–water partition coefficient (Wildman–Crippen LogP) is 3.14. The number of aromatic amines is 2. The van der Waals surface area contributed by atoms with Gasteiger partial charge >= 0.3 is 11.9 Å². The minimum atomic E-state index is -1.30. The monoisotopic (exact) mass is 691 g/mol. The predicted molar refractivity (Wildman–Crippen MR) is 183 cm³/mol. The molecule has 4 aromatic rings. The van der Waals surface area contributed by atoms with Crippen molar-refractivity contribution in [1.82, 2.24) is 25.7 Å². The van der Waals surface area contributed by atoms with Crippen LogP contribution in [0.3, 0.4) is 0 Å². The summed E-state index contributed by atoms with van der Waals surface area (Å²) in [6.07, 6.45) is 6.41. The number of aliphatic carboxylic acids is 2. The van der Waals surface area contributed by atoms with Gasteiger partial charge in [0.1, 0.15) is 11.7 Å². The van der Waals surface area contributed by atoms with Crippen LogP contribution < -0.4 is 27.4 Å². The number of nitrogens with one attached hydrogen (secondary N) is 5. The van der Waals surface area contributed by atoms with Crippen LogP contribution in [0.2, 0.25) is 0 Å². The number of carbonyl (C=O) groups excluding carboxylic acids is 3. The smallest absolute Gasteiger partial charge is 0.326 e. The van der Waals surface area contributed by atoms with E-state index in [-0.39, 0.29) is 41.7 Å². The standard InChI is InChI=1S/C20H21N5O6.C14H20N2O3/c21-20-24-16-15(18(29)25-20)12(9-22-16)6-3-10-1-4-11(5-2-10)17(28)23-13(19(30)31)7-8-14(26)27;17-13(15-12-8-4-3-5-9-12)10-6-1-2-7-11-14(18)16-19/h1-2,4-5,9,13H,3,6-8H2,(H,23,28)(H,26,27)(H,30,31)(H4,21,22,24,25,29);3-5,8-9,19H,1-2,6-7,10-11H2,(H,15,17)(H,16,18)/t13-;/m0./s1. The van der Waals surface area contributed by atoms with Crippen molar-refractivity contribution in [3.05, 3.63) is 87.8 Å². The van der Waals surface area contributed by atoms with E-state index in [4.69, 9.17) is 21.2 Å². The van der Waals surface area contributed by atoms with E-state index in [9.17, 15) is 28.8 Å². The van der Waals surface area contributed by atoms with E-state index < -0.39 is 23.9 Å². The van der Waals surface area contributed by atoms with E-state index >= 15 is 0 Å². The van der Waals surface area contributed by atoms with Crippen molar-refractivity contribution in [1.29, 1.82) is 0 Å². The number of rotatable bonds is 17. The number of anilines is 2. The van der Waals surface area contributed by atoms with Gasteiger partial charge in [0.15, 0.2) is 0 Å². The lowest BCUT2D eigenvalue weighted by molar-refractivity contribution is -0.140. The van der Waals surface area contributed by atoms with Crippen molar-refractivity contribution in [3.8, 4) is 0 Å². The molecular formula is C34H41N7O9. The summed E-state index contributed by atoms with van der Waals surface area (Å²) in [6, 6.07) is 14.7. The number of carboxylic acid groups (broad SMARTS) is 2. The maximum atomic E-state index is 12.3. The van der Waals surface area contributed by atoms with Gasteiger partial charge in [0.05, 0.1) is 5.39 Å². The number of benzene rings is 2. The fourth-order valence-electron chi connectivity index (χ4n) is 4.91. The number of unbranched alkanes of at least 4 members (excludes halogenated alkanes) is 3. The first-order valence-corrected chi connectivity index (χ1v) is 15.9. The van der Waals surface area contributed by atoms with Crippen LogP contribution in [0.15, 0.2) is 65.6 Å². The SMILES string of the molecule is Nc1nc2[nH]cc(CCc3ccc(C(=O)N[C@@H](CCC(=O)O)C(=O)O)cc3)c2c(=O)[nH]1.O=C(CCCCCCC(=O)Nc1ccccc1)NO. The summed E-state index contributed by atoms with van der Waals surface area (Å²) in [5, 5.41) is 31.7. The van der Waals surface area contributed by atoms with Crippen LogP contribution in [0.25, 0.3) is 11.0 Å². The molecule has 16 nitrogen and oxygen atoms in total. The Hall–Kier alpha value is -6.03. The molecule has 50 heavy (non-hydrogen) atoms. The molecular weight excluding hydrogens is 650 g/mol. The highest BCUT2D eigenvalue weighted by Crippen LogP contribution is 2.16. The van der Waals surface area contributed by atoms with Crippen LogP contribution in [0.4, 0.5) is 11.6 Å². The number of nitrogens with zero attached hydrogens (tertiary/aromatic N) is 1. The first-order chi connectivity index (χ1) is 24.0. The fraction of sp³-hybridized carbons (Fsp3) is 0.324. The average Bonchev–Trinajstić information content (AvgIpc) is 3.50. The number of hydrogen-bond acceptors (Lipinski definition) is 9. The molecule has 0 saturated carbocycles. The lowest BCUT2D eigenvalue weighted by Gasteiger charge is -2.13. The molecule has 0 unspecified atom stereocenters. The molecule has 16 heteroatoms. The lowest BCUT2D eigenvalue weighted by atomic mass is 10.0. The quantitative estimate of drug-likeness (QED) is 0.0441. The van der Waals surface area contributed by atoms with Gasteiger partial charge in [0, 0.05) is 36.7 Å². The summed E-state index contributed by atoms with van der Waals surface area (Å²) < 4.78 is 0. The molecule has 1 atom stereocenters. The second-order valence-electron chi connectivity index (χ2n) is 11.3. The van der Waals surface area contributed by atoms with Gasteiger partial charge in [-0.1, -0.05) is 43.2 Å². The Morgan fingerprint density at radius 3 is 2.12 bits per heavy atom. The molecule has 10 N–H and O–H groups in total. The Morgan fingerprint density at radius 2 is 1.50 bits per heavy atom. The number of H-pyrrole nitrogens is 2. The summed E-state index contributed by atoms with van der Waals surface area (Å²) in [5.74, 6) is -3.34. The summed E-state index contributed by atoms with van der Waals surface area (Å²) >= 11 is 0. The van der Waals surface area contributed by atoms with Crippen molar-refractivity contribution in [2.24, 2.45) is 0 Å². The molecule has 2 aromatic heterocycles. The van der Waals surface area contributed by atoms with Gasteiger partial charge in [0.25, 0.3) is 11.5 Å². The second kappa shape index (κ2) is 19.7. The third-order valence-corrected chi connectivity index (χ3v) is 7.53. The number of carbonyl (C=O) groups is 5. The zero-order valence-electron chi connectivity index (χ0n) is 27.2. The lowest BCUT2D eigenvalue weighted by Crippen LogP contribution is -2.41. The van der Waals surface area contributed by atoms with Gasteiger partial charge in [0.2, 0.25) is 17.8 Å². The van der Waals surface area contributed by atoms with Gasteiger partial charge in [-0.15, -0.1) is 0 Å². The van der Waals surface area contributed by atoms with Gasteiger partial charge in [-0.2, -0.15) is 4.98 Å². The van der Waals surface area contributed by atoms with Crippen LogP contribution in [0.1, 0.15) is 72.9 Å². The highest BCUT2D eigenvalue weighted by atomic mass is 16.5. The number of aryl methyl sites for hydroxylation is 2. The third kappa shape index (κ3) is 12.9. The molecule has 4 rings (SSSR count). The van der Waals surface area contributed by atoms with E-state index in [0.717, 1.165) is 42.5 Å². The maximum absolute atomic E-state index is 12.3. The molecule has 0 fully saturated rings. The Kier molecular flexibility index (Phi) is 15.1. The van der Waals surface area contributed by atoms with Gasteiger partial charge in [-0.25, -0.2) is 10.3 Å². The minimum absolute atomic E-state index is 0.0132. The molecule has 2 aromatic carbocycles. The molecule has 0 aliphatic heterocycles. The number of fused-ring (bicyclic) bond motifs is 1. The topological polar surface area (TPSA) is 270 Å². The molecule has 0 aliphatic rings. The highest BCUT2D eigenvalue weighted by molar-refractivity contribution is 5.96. The fourth-order valence-corrected chi connectivity index (χ4v) is 4.91. The molecule has 0 spiro atoms. The maximum Gasteiger partial charge on any atom is 0.326 e. The minimum Gasteiger partial charge on any atom is -0.481 e. The van der Waals surface area contributed by atoms with E-state index in [1.165, 1.54) is 0 Å². The number of para-hydroxylation sites is 1. The highest BCUT2D eigenvalue weighted by Gasteiger charge is 2.21. The van der Waals surface area contributed by atoms with Crippen LogP contribution in [-0.4, -0.2) is 66.1 Å². The van der Waals surface area contributed by atoms with E-state index in [2.05, 4.69) is 25.6 Å². The number of nitrogens with two attached hydrogens (primary N) is 1. The van der Waals surface area contributed by atoms with Crippen LogP contribution in [0, 0.1) is 0 Å². The van der Waals surface area contributed by atoms with Crippen molar-refractivity contribution >= 4 is 52.3 Å². The van der Waals surface area contributed by atoms with Crippen LogP contribution in [0.5, 0.6) is 0 Å². The Morgan fingerprint density at radius 1 is 0.840 bits per heavy atom. The number of carboxylic acids is 2. The van der Waals surface area contributed by atoms with E-state index in [0.29, 0.717) is 36.7 Å². The Bertz CT molecular complexity index is 1810. The van der Waals surface area contributed by atoms with E-state index in [1.54, 1.807) is 35.9 Å². The number of nitrogen functional groups attached to an aromatic ring is 1. The number of aromatic nitrogens is 3. The number of amides is 3. The van der Waals surface area contributed by atoms with Crippen molar-refractivity contribution in [2.45, 2.75) is 70.3 Å². The van der Waals surface area contributed by atoms with Crippen molar-refractivity contribution in [2.75, 3.05) is 11.1 Å². The third-order valence-electron chi connectivity index (χ3n) is 7.53. The average molecular weight is 692 g/mol. The number of hydroxylamine groups is 1. The number of hydrogen-bond donors (Lipinski definition) is 9. The normalized spacial score (nSPS) is 11.1. The zero-order chi connectivity index (χ0) is 36.5. The molecule has 0 saturated heterocycles. The summed E-state index contributed by atoms with van der Waals surface area (Å²) in [4.78, 5) is 78.0. The molecule has 0 bridgehead atoms. The van der Waals surface area contributed by atoms with Crippen LogP contribution >= 0.6 is 0 Å². The molecule has 266 valence electrons. The molecule has 0 radical (unpaired) electrons. The largest absolute Gasteiger partial charge is 0.481 e. The first kappa shape index (κ1) is 38.4. The molecule has 2 heterocycles. The summed E-state index contributed by atoms with van der Waals surface area (Å²) in [6.45, 7) is 0. The second-order valence-corrected chi connectivity index (χ2v) is 11.3. The van der Waals surface area contributed by atoms with Gasteiger partial charge in [-0.05, 0) is 67.5 Å². The van der Waals surface area contributed by atoms with Gasteiger partial charge in [-0.3, -0.25) is 34.2 Å². The zero-order valence-corrected chi connectivity index (χ0v) is 27.2. The Balaban J connectivity index is 0.000000305. The van der Waals surface area contributed by atoms with E-state index in [1.807, 2.05) is 30.3 Å². The first-order valence-electron chi connectivity index (χ1n) is 15.9. The van der Waals surface area contributed by atoms with Crippen LogP contribution in [-0.2, 0) is 32.0 Å².